The van der Waals surface area contributed by atoms with E-state index >= 15 is 0 Å². The SMILES string of the molecule is CC(O)c1ccc2c(c1)[nH]c(=O)c1nn(C)cc12. The molecule has 1 unspecified atom stereocenters. The highest BCUT2D eigenvalue weighted by molar-refractivity contribution is 6.03. The van der Waals surface area contributed by atoms with Crippen LogP contribution in [0.5, 0.6) is 0 Å². The van der Waals surface area contributed by atoms with Crippen LogP contribution >= 0.6 is 0 Å². The number of hydrogen-bond donors (Lipinski definition) is 2. The first-order valence-corrected chi connectivity index (χ1v) is 5.73. The molecule has 2 N–H and O–H groups in total. The number of benzene rings is 1. The third kappa shape index (κ3) is 1.52. The number of fused-ring (bicyclic) bond motifs is 3. The molecule has 92 valence electrons. The Balaban J connectivity index is 2.45. The Morgan fingerprint density at radius 2 is 2.17 bits per heavy atom. The van der Waals surface area contributed by atoms with E-state index in [-0.39, 0.29) is 5.56 Å². The molecular formula is C13H13N3O2. The molecule has 1 atom stereocenters. The Morgan fingerprint density at radius 3 is 2.89 bits per heavy atom. The summed E-state index contributed by atoms with van der Waals surface area (Å²) < 4.78 is 1.63. The first kappa shape index (κ1) is 11.0. The molecule has 0 saturated heterocycles. The number of aliphatic hydroxyl groups is 1. The molecular weight excluding hydrogens is 230 g/mol. The maximum atomic E-state index is 11.9. The second kappa shape index (κ2) is 3.68. The normalized spacial score (nSPS) is 13.3. The van der Waals surface area contributed by atoms with Crippen LogP contribution in [0.4, 0.5) is 0 Å². The summed E-state index contributed by atoms with van der Waals surface area (Å²) >= 11 is 0. The molecule has 2 aromatic heterocycles. The number of aromatic nitrogens is 3. The minimum Gasteiger partial charge on any atom is -0.389 e. The summed E-state index contributed by atoms with van der Waals surface area (Å²) in [5.41, 5.74) is 1.73. The summed E-state index contributed by atoms with van der Waals surface area (Å²) in [5.74, 6) is 0. The van der Waals surface area contributed by atoms with Gasteiger partial charge in [0.1, 0.15) is 0 Å². The first-order valence-electron chi connectivity index (χ1n) is 5.73. The van der Waals surface area contributed by atoms with Gasteiger partial charge in [-0.1, -0.05) is 12.1 Å². The van der Waals surface area contributed by atoms with Gasteiger partial charge in [-0.3, -0.25) is 9.48 Å². The van der Waals surface area contributed by atoms with E-state index in [1.165, 1.54) is 0 Å². The van der Waals surface area contributed by atoms with Crippen LogP contribution in [0.2, 0.25) is 0 Å². The van der Waals surface area contributed by atoms with Crippen molar-refractivity contribution in [3.05, 3.63) is 40.3 Å². The number of hydrogen-bond acceptors (Lipinski definition) is 3. The van der Waals surface area contributed by atoms with Gasteiger partial charge in [0, 0.05) is 29.5 Å². The summed E-state index contributed by atoms with van der Waals surface area (Å²) in [6, 6.07) is 5.56. The molecule has 0 bridgehead atoms. The van der Waals surface area contributed by atoms with Gasteiger partial charge in [-0.2, -0.15) is 5.10 Å². The van der Waals surface area contributed by atoms with Crippen molar-refractivity contribution in [3.8, 4) is 0 Å². The Bertz CT molecular complexity index is 799. The number of nitrogens with zero attached hydrogens (tertiary/aromatic N) is 2. The molecule has 0 amide bonds. The molecule has 0 radical (unpaired) electrons. The van der Waals surface area contributed by atoms with Crippen LogP contribution in [0.25, 0.3) is 21.8 Å². The zero-order chi connectivity index (χ0) is 12.9. The number of H-pyrrole nitrogens is 1. The van der Waals surface area contributed by atoms with Gasteiger partial charge in [0.2, 0.25) is 0 Å². The zero-order valence-corrected chi connectivity index (χ0v) is 10.1. The lowest BCUT2D eigenvalue weighted by Gasteiger charge is -2.06. The van der Waals surface area contributed by atoms with Crippen molar-refractivity contribution in [1.82, 2.24) is 14.8 Å². The maximum absolute atomic E-state index is 11.9. The minimum absolute atomic E-state index is 0.208. The van der Waals surface area contributed by atoms with Gasteiger partial charge in [0.15, 0.2) is 5.52 Å². The Kier molecular flexibility index (Phi) is 2.24. The standard InChI is InChI=1S/C13H13N3O2/c1-7(17)8-3-4-9-10-6-16(2)15-12(10)13(18)14-11(9)5-8/h3-7,17H,1-2H3,(H,14,18). The van der Waals surface area contributed by atoms with Crippen LogP contribution in [0, 0.1) is 0 Å². The van der Waals surface area contributed by atoms with Crippen LogP contribution < -0.4 is 5.56 Å². The third-order valence-electron chi connectivity index (χ3n) is 3.11. The largest absolute Gasteiger partial charge is 0.389 e. The van der Waals surface area contributed by atoms with Gasteiger partial charge in [-0.25, -0.2) is 0 Å². The molecule has 5 nitrogen and oxygen atoms in total. The lowest BCUT2D eigenvalue weighted by molar-refractivity contribution is 0.199. The smallest absolute Gasteiger partial charge is 0.276 e. The molecule has 0 saturated carbocycles. The molecule has 18 heavy (non-hydrogen) atoms. The van der Waals surface area contributed by atoms with Gasteiger partial charge < -0.3 is 10.1 Å². The second-order valence-corrected chi connectivity index (χ2v) is 4.50. The van der Waals surface area contributed by atoms with E-state index in [4.69, 9.17) is 0 Å². The van der Waals surface area contributed by atoms with Crippen molar-refractivity contribution in [3.63, 3.8) is 0 Å². The molecule has 3 rings (SSSR count). The summed E-state index contributed by atoms with van der Waals surface area (Å²) in [4.78, 5) is 14.7. The van der Waals surface area contributed by atoms with Crippen LogP contribution in [0.3, 0.4) is 0 Å². The fourth-order valence-corrected chi connectivity index (χ4v) is 2.19. The van der Waals surface area contributed by atoms with E-state index < -0.39 is 6.10 Å². The number of pyridine rings is 1. The number of aliphatic hydroxyl groups excluding tert-OH is 1. The predicted molar refractivity (Wildman–Crippen MR) is 69.5 cm³/mol. The van der Waals surface area contributed by atoms with Crippen molar-refractivity contribution in [2.45, 2.75) is 13.0 Å². The lowest BCUT2D eigenvalue weighted by atomic mass is 10.1. The van der Waals surface area contributed by atoms with Crippen molar-refractivity contribution in [1.29, 1.82) is 0 Å². The molecule has 0 aliphatic carbocycles. The van der Waals surface area contributed by atoms with Crippen LogP contribution in [-0.4, -0.2) is 19.9 Å². The van der Waals surface area contributed by atoms with E-state index in [9.17, 15) is 9.90 Å². The van der Waals surface area contributed by atoms with Gasteiger partial charge in [0.25, 0.3) is 5.56 Å². The van der Waals surface area contributed by atoms with Gasteiger partial charge in [-0.05, 0) is 18.6 Å². The molecule has 3 aromatic rings. The van der Waals surface area contributed by atoms with E-state index in [0.717, 1.165) is 21.9 Å². The van der Waals surface area contributed by atoms with Gasteiger partial charge in [-0.15, -0.1) is 0 Å². The van der Waals surface area contributed by atoms with E-state index in [1.807, 2.05) is 18.3 Å². The topological polar surface area (TPSA) is 70.9 Å². The number of nitrogens with one attached hydrogen (secondary N) is 1. The molecule has 1 aromatic carbocycles. The highest BCUT2D eigenvalue weighted by Gasteiger charge is 2.10. The minimum atomic E-state index is -0.553. The van der Waals surface area contributed by atoms with Crippen LogP contribution in [0.15, 0.2) is 29.2 Å². The van der Waals surface area contributed by atoms with Crippen molar-refractivity contribution in [2.75, 3.05) is 0 Å². The molecule has 0 aliphatic heterocycles. The monoisotopic (exact) mass is 243 g/mol. The highest BCUT2D eigenvalue weighted by Crippen LogP contribution is 2.23. The number of aryl methyl sites for hydroxylation is 1. The Labute approximate surface area is 103 Å². The Morgan fingerprint density at radius 1 is 1.39 bits per heavy atom. The highest BCUT2D eigenvalue weighted by atomic mass is 16.3. The van der Waals surface area contributed by atoms with E-state index in [0.29, 0.717) is 5.52 Å². The number of rotatable bonds is 1. The molecule has 0 spiro atoms. The quantitative estimate of drug-likeness (QED) is 0.680. The van der Waals surface area contributed by atoms with Crippen LogP contribution in [0.1, 0.15) is 18.6 Å². The summed E-state index contributed by atoms with van der Waals surface area (Å²) in [5, 5.41) is 15.5. The fourth-order valence-electron chi connectivity index (χ4n) is 2.19. The average Bonchev–Trinajstić information content (AvgIpc) is 2.71. The predicted octanol–water partition coefficient (Wildman–Crippen LogP) is 1.47. The lowest BCUT2D eigenvalue weighted by Crippen LogP contribution is -2.07. The van der Waals surface area contributed by atoms with Crippen molar-refractivity contribution in [2.24, 2.45) is 7.05 Å². The second-order valence-electron chi connectivity index (χ2n) is 4.50. The maximum Gasteiger partial charge on any atom is 0.276 e. The summed E-state index contributed by atoms with van der Waals surface area (Å²) in [7, 11) is 1.79. The van der Waals surface area contributed by atoms with E-state index in [1.54, 1.807) is 24.7 Å². The molecule has 2 heterocycles. The zero-order valence-electron chi connectivity index (χ0n) is 10.1. The molecule has 0 aliphatic rings. The van der Waals surface area contributed by atoms with Gasteiger partial charge in [0.05, 0.1) is 6.10 Å². The molecule has 0 fully saturated rings. The van der Waals surface area contributed by atoms with Crippen molar-refractivity contribution < 1.29 is 5.11 Å². The van der Waals surface area contributed by atoms with Crippen molar-refractivity contribution >= 4 is 21.8 Å². The first-order chi connectivity index (χ1) is 8.56. The van der Waals surface area contributed by atoms with E-state index in [2.05, 4.69) is 10.1 Å². The fraction of sp³-hybridized carbons (Fsp3) is 0.231. The average molecular weight is 243 g/mol. The molecule has 5 heteroatoms. The van der Waals surface area contributed by atoms with Crippen LogP contribution in [-0.2, 0) is 7.05 Å². The summed E-state index contributed by atoms with van der Waals surface area (Å²) in [6.07, 6.45) is 1.28. The number of aromatic amines is 1. The third-order valence-corrected chi connectivity index (χ3v) is 3.11. The van der Waals surface area contributed by atoms with Gasteiger partial charge >= 0.3 is 0 Å². The summed E-state index contributed by atoms with van der Waals surface area (Å²) in [6.45, 7) is 1.70. The Hall–Kier alpha value is -2.14.